The maximum absolute atomic E-state index is 13.0. The molecule has 0 saturated carbocycles. The van der Waals surface area contributed by atoms with Crippen LogP contribution in [0.1, 0.15) is 52.4 Å². The van der Waals surface area contributed by atoms with Gasteiger partial charge in [0.05, 0.1) is 6.04 Å². The van der Waals surface area contributed by atoms with Crippen molar-refractivity contribution in [3.05, 3.63) is 0 Å². The van der Waals surface area contributed by atoms with Gasteiger partial charge in [0.2, 0.25) is 17.7 Å². The second-order valence-electron chi connectivity index (χ2n) is 8.29. The summed E-state index contributed by atoms with van der Waals surface area (Å²) >= 11 is 0. The summed E-state index contributed by atoms with van der Waals surface area (Å²) in [5.74, 6) is -6.17. The van der Waals surface area contributed by atoms with Crippen LogP contribution < -0.4 is 16.4 Å². The number of likely N-dealkylation sites (tertiary alicyclic amines) is 1. The van der Waals surface area contributed by atoms with Gasteiger partial charge < -0.3 is 36.6 Å². The number of rotatable bonds is 13. The van der Waals surface area contributed by atoms with E-state index >= 15 is 0 Å². The molecule has 1 rings (SSSR count). The average molecular weight is 472 g/mol. The summed E-state index contributed by atoms with van der Waals surface area (Å²) in [5.41, 5.74) is 5.65. The Morgan fingerprint density at radius 1 is 0.939 bits per heavy atom. The van der Waals surface area contributed by atoms with Gasteiger partial charge in [-0.25, -0.2) is 4.79 Å². The standard InChI is InChI=1S/C20H32N4O9/c1-10(2)16(19(31)24-9-3-4-13(24)20(32)33)23-18(30)12(6-8-15(27)28)22-17(29)11(21)5-7-14(25)26/h10-13,16H,3-9,21H2,1-2H3,(H,22,29)(H,23,30)(H,25,26)(H,27,28)(H,32,33). The van der Waals surface area contributed by atoms with Crippen molar-refractivity contribution >= 4 is 35.6 Å². The summed E-state index contributed by atoms with van der Waals surface area (Å²) in [5, 5.41) is 31.9. The van der Waals surface area contributed by atoms with Crippen LogP contribution in [-0.4, -0.2) is 86.6 Å². The molecule has 4 atom stereocenters. The number of nitrogens with two attached hydrogens (primary N) is 1. The highest BCUT2D eigenvalue weighted by Gasteiger charge is 2.39. The first kappa shape index (κ1) is 27.8. The molecule has 33 heavy (non-hydrogen) atoms. The minimum atomic E-state index is -1.34. The third-order valence-corrected chi connectivity index (χ3v) is 5.34. The van der Waals surface area contributed by atoms with Crippen LogP contribution in [0.4, 0.5) is 0 Å². The van der Waals surface area contributed by atoms with Crippen molar-refractivity contribution in [1.82, 2.24) is 15.5 Å². The van der Waals surface area contributed by atoms with Gasteiger partial charge in [-0.15, -0.1) is 0 Å². The van der Waals surface area contributed by atoms with Gasteiger partial charge >= 0.3 is 17.9 Å². The van der Waals surface area contributed by atoms with Crippen molar-refractivity contribution in [2.75, 3.05) is 6.54 Å². The van der Waals surface area contributed by atoms with E-state index in [1.54, 1.807) is 13.8 Å². The molecule has 186 valence electrons. The minimum absolute atomic E-state index is 0.187. The van der Waals surface area contributed by atoms with Crippen LogP contribution in [0.3, 0.4) is 0 Å². The van der Waals surface area contributed by atoms with Gasteiger partial charge in [-0.05, 0) is 31.6 Å². The van der Waals surface area contributed by atoms with E-state index in [1.807, 2.05) is 0 Å². The molecule has 1 aliphatic heterocycles. The van der Waals surface area contributed by atoms with Crippen LogP contribution in [0.5, 0.6) is 0 Å². The first-order chi connectivity index (χ1) is 15.3. The molecule has 0 spiro atoms. The number of nitrogens with one attached hydrogen (secondary N) is 2. The Hall–Kier alpha value is -3.22. The number of nitrogens with zero attached hydrogens (tertiary/aromatic N) is 1. The molecule has 1 heterocycles. The zero-order valence-corrected chi connectivity index (χ0v) is 18.7. The van der Waals surface area contributed by atoms with E-state index in [2.05, 4.69) is 10.6 Å². The summed E-state index contributed by atoms with van der Waals surface area (Å²) < 4.78 is 0. The summed E-state index contributed by atoms with van der Waals surface area (Å²) in [6.07, 6.45) is -0.508. The third-order valence-electron chi connectivity index (χ3n) is 5.34. The second kappa shape index (κ2) is 12.7. The smallest absolute Gasteiger partial charge is 0.326 e. The molecule has 0 aromatic rings. The SMILES string of the molecule is CC(C)C(NC(=O)C(CCC(=O)O)NC(=O)C(N)CCC(=O)O)C(=O)N1CCCC1C(=O)O. The number of carbonyl (C=O) groups is 6. The highest BCUT2D eigenvalue weighted by molar-refractivity contribution is 5.94. The van der Waals surface area contributed by atoms with Crippen LogP contribution in [-0.2, 0) is 28.8 Å². The Morgan fingerprint density at radius 3 is 2.03 bits per heavy atom. The zero-order valence-electron chi connectivity index (χ0n) is 18.7. The van der Waals surface area contributed by atoms with Crippen LogP contribution in [0.15, 0.2) is 0 Å². The summed E-state index contributed by atoms with van der Waals surface area (Å²) in [7, 11) is 0. The van der Waals surface area contributed by atoms with E-state index in [0.717, 1.165) is 0 Å². The molecular weight excluding hydrogens is 440 g/mol. The van der Waals surface area contributed by atoms with Gasteiger partial charge in [0.25, 0.3) is 0 Å². The summed E-state index contributed by atoms with van der Waals surface area (Å²) in [4.78, 5) is 72.5. The van der Waals surface area contributed by atoms with Gasteiger partial charge in [0.15, 0.2) is 0 Å². The topological polar surface area (TPSA) is 216 Å². The van der Waals surface area contributed by atoms with Crippen molar-refractivity contribution in [3.63, 3.8) is 0 Å². The molecule has 1 fully saturated rings. The van der Waals surface area contributed by atoms with Crippen LogP contribution in [0, 0.1) is 5.92 Å². The van der Waals surface area contributed by atoms with Gasteiger partial charge in [-0.3, -0.25) is 24.0 Å². The van der Waals surface area contributed by atoms with Crippen molar-refractivity contribution in [2.24, 2.45) is 11.7 Å². The van der Waals surface area contributed by atoms with E-state index in [1.165, 1.54) is 4.90 Å². The number of carboxylic acids is 3. The molecule has 0 aromatic heterocycles. The fraction of sp³-hybridized carbons (Fsp3) is 0.700. The first-order valence-electron chi connectivity index (χ1n) is 10.7. The van der Waals surface area contributed by atoms with Crippen molar-refractivity contribution < 1.29 is 44.1 Å². The fourth-order valence-corrected chi connectivity index (χ4v) is 3.46. The molecule has 0 radical (unpaired) electrons. The molecule has 0 aromatic carbocycles. The Morgan fingerprint density at radius 2 is 1.52 bits per heavy atom. The first-order valence-corrected chi connectivity index (χ1v) is 10.7. The van der Waals surface area contributed by atoms with Crippen molar-refractivity contribution in [1.29, 1.82) is 0 Å². The highest BCUT2D eigenvalue weighted by atomic mass is 16.4. The number of hydrogen-bond donors (Lipinski definition) is 6. The Bertz CT molecular complexity index is 771. The zero-order chi connectivity index (χ0) is 25.3. The molecule has 1 saturated heterocycles. The Kier molecular flexibility index (Phi) is 10.7. The molecular formula is C20H32N4O9. The number of carbonyl (C=O) groups excluding carboxylic acids is 3. The van der Waals surface area contributed by atoms with Crippen LogP contribution >= 0.6 is 0 Å². The summed E-state index contributed by atoms with van der Waals surface area (Å²) in [6, 6.07) is -4.66. The van der Waals surface area contributed by atoms with Crippen LogP contribution in [0.2, 0.25) is 0 Å². The lowest BCUT2D eigenvalue weighted by atomic mass is 10.0. The van der Waals surface area contributed by atoms with Crippen molar-refractivity contribution in [3.8, 4) is 0 Å². The largest absolute Gasteiger partial charge is 0.481 e. The van der Waals surface area contributed by atoms with Gasteiger partial charge in [-0.2, -0.15) is 0 Å². The van der Waals surface area contributed by atoms with Gasteiger partial charge in [-0.1, -0.05) is 13.8 Å². The second-order valence-corrected chi connectivity index (χ2v) is 8.29. The molecule has 7 N–H and O–H groups in total. The molecule has 3 amide bonds. The number of amides is 3. The number of hydrogen-bond acceptors (Lipinski definition) is 7. The summed E-state index contributed by atoms with van der Waals surface area (Å²) in [6.45, 7) is 3.54. The molecule has 0 bridgehead atoms. The number of carboxylic acid groups (broad SMARTS) is 3. The molecule has 4 unspecified atom stereocenters. The van der Waals surface area contributed by atoms with E-state index in [-0.39, 0.29) is 25.8 Å². The van der Waals surface area contributed by atoms with E-state index in [4.69, 9.17) is 15.9 Å². The molecule has 1 aliphatic rings. The van der Waals surface area contributed by atoms with E-state index < -0.39 is 72.1 Å². The maximum atomic E-state index is 13.0. The Balaban J connectivity index is 2.96. The molecule has 13 heteroatoms. The monoisotopic (exact) mass is 472 g/mol. The predicted molar refractivity (Wildman–Crippen MR) is 113 cm³/mol. The fourth-order valence-electron chi connectivity index (χ4n) is 3.46. The number of aliphatic carboxylic acids is 3. The molecule has 13 nitrogen and oxygen atoms in total. The third kappa shape index (κ3) is 8.67. The minimum Gasteiger partial charge on any atom is -0.481 e. The van der Waals surface area contributed by atoms with Gasteiger partial charge in [0, 0.05) is 19.4 Å². The lowest BCUT2D eigenvalue weighted by Crippen LogP contribution is -2.58. The van der Waals surface area contributed by atoms with Crippen LogP contribution in [0.25, 0.3) is 0 Å². The average Bonchev–Trinajstić information content (AvgIpc) is 3.22. The maximum Gasteiger partial charge on any atom is 0.326 e. The van der Waals surface area contributed by atoms with Crippen molar-refractivity contribution in [2.45, 2.75) is 76.5 Å². The lowest BCUT2D eigenvalue weighted by molar-refractivity contribution is -0.150. The highest BCUT2D eigenvalue weighted by Crippen LogP contribution is 2.20. The van der Waals surface area contributed by atoms with Gasteiger partial charge in [0.1, 0.15) is 18.1 Å². The van der Waals surface area contributed by atoms with E-state index in [9.17, 15) is 33.9 Å². The predicted octanol–water partition coefficient (Wildman–Crippen LogP) is -1.26. The normalized spacial score (nSPS) is 18.3. The quantitative estimate of drug-likeness (QED) is 0.187. The molecule has 0 aliphatic carbocycles. The van der Waals surface area contributed by atoms with E-state index in [0.29, 0.717) is 12.8 Å². The lowest BCUT2D eigenvalue weighted by Gasteiger charge is -2.30. The Labute approximate surface area is 190 Å².